The monoisotopic (exact) mass is 357 g/mol. The molecule has 1 aromatic heterocycles. The van der Waals surface area contributed by atoms with Gasteiger partial charge in [-0.05, 0) is 56.2 Å². The second-order valence-corrected chi connectivity index (χ2v) is 7.21. The minimum absolute atomic E-state index is 0.0508. The van der Waals surface area contributed by atoms with Gasteiger partial charge in [-0.1, -0.05) is 0 Å². The van der Waals surface area contributed by atoms with E-state index in [1.54, 1.807) is 17.0 Å². The maximum atomic E-state index is 13.1. The predicted octanol–water partition coefficient (Wildman–Crippen LogP) is 4.04. The molecule has 3 rings (SSSR count). The highest BCUT2D eigenvalue weighted by atomic mass is 32.1. The van der Waals surface area contributed by atoms with Gasteiger partial charge >= 0.3 is 0 Å². The first-order chi connectivity index (χ1) is 12.1. The molecule has 0 unspecified atom stereocenters. The van der Waals surface area contributed by atoms with Crippen molar-refractivity contribution in [2.75, 3.05) is 18.0 Å². The lowest BCUT2D eigenvalue weighted by molar-refractivity contribution is 0.0769. The summed E-state index contributed by atoms with van der Waals surface area (Å²) < 4.78 is 13.1. The summed E-state index contributed by atoms with van der Waals surface area (Å²) in [5.74, 6) is -0.299. The Hall–Kier alpha value is -2.39. The van der Waals surface area contributed by atoms with Crippen molar-refractivity contribution in [3.05, 3.63) is 52.0 Å². The zero-order chi connectivity index (χ0) is 17.8. The molecule has 1 amide bonds. The SMILES string of the molecule is CCN(Cc1ccc(C(=O)N2CCC[C@@H]2C#N)s1)c1ccc(F)cc1. The molecule has 2 heterocycles. The molecule has 6 heteroatoms. The highest BCUT2D eigenvalue weighted by molar-refractivity contribution is 7.14. The van der Waals surface area contributed by atoms with Crippen LogP contribution in [0.15, 0.2) is 36.4 Å². The summed E-state index contributed by atoms with van der Waals surface area (Å²) in [6.07, 6.45) is 1.64. The fraction of sp³-hybridized carbons (Fsp3) is 0.368. The Bertz CT molecular complexity index is 781. The highest BCUT2D eigenvalue weighted by Crippen LogP contribution is 2.26. The Balaban J connectivity index is 1.71. The largest absolute Gasteiger partial charge is 0.367 e. The third kappa shape index (κ3) is 3.83. The number of hydrogen-bond acceptors (Lipinski definition) is 4. The molecular weight excluding hydrogens is 337 g/mol. The predicted molar refractivity (Wildman–Crippen MR) is 97.1 cm³/mol. The average Bonchev–Trinajstić information content (AvgIpc) is 3.29. The van der Waals surface area contributed by atoms with Crippen LogP contribution in [0, 0.1) is 17.1 Å². The van der Waals surface area contributed by atoms with Crippen LogP contribution in [0.4, 0.5) is 10.1 Å². The normalized spacial score (nSPS) is 16.7. The third-order valence-corrected chi connectivity index (χ3v) is 5.51. The van der Waals surface area contributed by atoms with Gasteiger partial charge in [-0.25, -0.2) is 4.39 Å². The number of anilines is 1. The van der Waals surface area contributed by atoms with E-state index in [9.17, 15) is 9.18 Å². The summed E-state index contributed by atoms with van der Waals surface area (Å²) >= 11 is 1.47. The first kappa shape index (κ1) is 17.4. The van der Waals surface area contributed by atoms with Crippen LogP contribution >= 0.6 is 11.3 Å². The Labute approximate surface area is 151 Å². The molecule has 130 valence electrons. The van der Waals surface area contributed by atoms with Gasteiger partial charge in [-0.2, -0.15) is 5.26 Å². The number of halogens is 1. The molecule has 4 nitrogen and oxygen atoms in total. The van der Waals surface area contributed by atoms with Gasteiger partial charge in [-0.15, -0.1) is 11.3 Å². The number of nitrogens with zero attached hydrogens (tertiary/aromatic N) is 3. The van der Waals surface area contributed by atoms with Crippen LogP contribution in [0.2, 0.25) is 0 Å². The van der Waals surface area contributed by atoms with Crippen LogP contribution < -0.4 is 4.90 Å². The van der Waals surface area contributed by atoms with Gasteiger partial charge in [0.15, 0.2) is 0 Å². The lowest BCUT2D eigenvalue weighted by Crippen LogP contribution is -2.34. The van der Waals surface area contributed by atoms with E-state index in [1.165, 1.54) is 23.5 Å². The Kier molecular flexibility index (Phi) is 5.34. The van der Waals surface area contributed by atoms with Crippen LogP contribution in [0.3, 0.4) is 0 Å². The van der Waals surface area contributed by atoms with Crippen LogP contribution in [-0.2, 0) is 6.54 Å². The zero-order valence-electron chi connectivity index (χ0n) is 14.1. The molecule has 1 atom stereocenters. The molecule has 25 heavy (non-hydrogen) atoms. The number of carbonyl (C=O) groups excluding carboxylic acids is 1. The van der Waals surface area contributed by atoms with Gasteiger partial charge in [0.25, 0.3) is 5.91 Å². The van der Waals surface area contributed by atoms with E-state index in [2.05, 4.69) is 11.0 Å². The smallest absolute Gasteiger partial charge is 0.265 e. The van der Waals surface area contributed by atoms with E-state index in [0.717, 1.165) is 30.0 Å². The van der Waals surface area contributed by atoms with Crippen molar-refractivity contribution in [2.45, 2.75) is 32.4 Å². The lowest BCUT2D eigenvalue weighted by Gasteiger charge is -2.22. The van der Waals surface area contributed by atoms with E-state index < -0.39 is 0 Å². The van der Waals surface area contributed by atoms with Gasteiger partial charge in [0.05, 0.1) is 17.5 Å². The topological polar surface area (TPSA) is 47.3 Å². The van der Waals surface area contributed by atoms with Gasteiger partial charge in [0.1, 0.15) is 11.9 Å². The van der Waals surface area contributed by atoms with E-state index in [1.807, 2.05) is 19.1 Å². The van der Waals surface area contributed by atoms with Crippen molar-refractivity contribution < 1.29 is 9.18 Å². The van der Waals surface area contributed by atoms with E-state index >= 15 is 0 Å². The molecule has 1 saturated heterocycles. The number of carbonyl (C=O) groups is 1. The maximum absolute atomic E-state index is 13.1. The molecule has 2 aromatic rings. The fourth-order valence-corrected chi connectivity index (χ4v) is 4.07. The fourth-order valence-electron chi connectivity index (χ4n) is 3.09. The summed E-state index contributed by atoms with van der Waals surface area (Å²) in [5.41, 5.74) is 0.953. The number of thiophene rings is 1. The van der Waals surface area contributed by atoms with Crippen LogP contribution in [0.5, 0.6) is 0 Å². The molecule has 0 bridgehead atoms. The molecule has 0 spiro atoms. The number of likely N-dealkylation sites (tertiary alicyclic amines) is 1. The maximum Gasteiger partial charge on any atom is 0.265 e. The Morgan fingerprint density at radius 1 is 1.36 bits per heavy atom. The summed E-state index contributed by atoms with van der Waals surface area (Å²) in [6.45, 7) is 4.16. The number of rotatable bonds is 5. The van der Waals surface area contributed by atoms with Gasteiger partial charge in [-0.3, -0.25) is 4.79 Å². The summed E-state index contributed by atoms with van der Waals surface area (Å²) in [4.78, 5) is 18.2. The second kappa shape index (κ2) is 7.66. The number of nitriles is 1. The molecule has 1 aromatic carbocycles. The number of amides is 1. The van der Waals surface area contributed by atoms with Gasteiger partial charge < -0.3 is 9.80 Å². The quantitative estimate of drug-likeness (QED) is 0.811. The van der Waals surface area contributed by atoms with Crippen molar-refractivity contribution in [3.63, 3.8) is 0 Å². The van der Waals surface area contributed by atoms with E-state index in [0.29, 0.717) is 18.0 Å². The Morgan fingerprint density at radius 3 is 2.80 bits per heavy atom. The molecule has 1 aliphatic rings. The van der Waals surface area contributed by atoms with Gasteiger partial charge in [0.2, 0.25) is 0 Å². The first-order valence-corrected chi connectivity index (χ1v) is 9.24. The molecule has 0 N–H and O–H groups in total. The molecular formula is C19H20FN3OS. The van der Waals surface area contributed by atoms with Crippen molar-refractivity contribution in [1.82, 2.24) is 4.90 Å². The van der Waals surface area contributed by atoms with Crippen molar-refractivity contribution in [1.29, 1.82) is 5.26 Å². The minimum Gasteiger partial charge on any atom is -0.367 e. The number of benzene rings is 1. The summed E-state index contributed by atoms with van der Waals surface area (Å²) in [7, 11) is 0. The van der Waals surface area contributed by atoms with Gasteiger partial charge in [0, 0.05) is 23.7 Å². The molecule has 0 radical (unpaired) electrons. The summed E-state index contributed by atoms with van der Waals surface area (Å²) in [6, 6.07) is 12.1. The van der Waals surface area contributed by atoms with Crippen molar-refractivity contribution in [3.8, 4) is 6.07 Å². The summed E-state index contributed by atoms with van der Waals surface area (Å²) in [5, 5.41) is 9.16. The zero-order valence-corrected chi connectivity index (χ0v) is 14.9. The standard InChI is InChI=1S/C19H20FN3OS/c1-2-22(15-7-5-14(20)6-8-15)13-17-9-10-18(25-17)19(24)23-11-3-4-16(23)12-21/h5-10,16H,2-4,11,13H2,1H3/t16-/m1/s1. The van der Waals surface area contributed by atoms with Crippen LogP contribution in [0.25, 0.3) is 0 Å². The minimum atomic E-state index is -0.301. The first-order valence-electron chi connectivity index (χ1n) is 8.42. The molecule has 1 fully saturated rings. The average molecular weight is 357 g/mol. The Morgan fingerprint density at radius 2 is 2.12 bits per heavy atom. The van der Waals surface area contributed by atoms with E-state index in [-0.39, 0.29) is 17.8 Å². The van der Waals surface area contributed by atoms with Crippen LogP contribution in [-0.4, -0.2) is 29.9 Å². The van der Waals surface area contributed by atoms with Crippen molar-refractivity contribution >= 4 is 22.9 Å². The van der Waals surface area contributed by atoms with E-state index in [4.69, 9.17) is 5.26 Å². The van der Waals surface area contributed by atoms with Crippen molar-refractivity contribution in [2.24, 2.45) is 0 Å². The molecule has 0 aliphatic carbocycles. The second-order valence-electron chi connectivity index (χ2n) is 6.04. The third-order valence-electron chi connectivity index (χ3n) is 4.46. The number of hydrogen-bond donors (Lipinski definition) is 0. The highest BCUT2D eigenvalue weighted by Gasteiger charge is 2.30. The molecule has 0 saturated carbocycles. The molecule has 1 aliphatic heterocycles. The lowest BCUT2D eigenvalue weighted by atomic mass is 10.2. The van der Waals surface area contributed by atoms with Crippen LogP contribution in [0.1, 0.15) is 34.3 Å².